The number of benzene rings is 1. The van der Waals surface area contributed by atoms with Gasteiger partial charge in [0, 0.05) is 0 Å². The SMILES string of the molecule is CCCCCCCCCCc1ccc(C=CC(C)=O)cc1. The van der Waals surface area contributed by atoms with Crippen LogP contribution in [-0.2, 0) is 11.2 Å². The first-order chi connectivity index (χ1) is 10.2. The van der Waals surface area contributed by atoms with Crippen LogP contribution in [0, 0.1) is 0 Å². The fourth-order valence-corrected chi connectivity index (χ4v) is 2.47. The summed E-state index contributed by atoms with van der Waals surface area (Å²) in [7, 11) is 0. The highest BCUT2D eigenvalue weighted by Gasteiger charge is 1.95. The second kappa shape index (κ2) is 11.3. The zero-order valence-corrected chi connectivity index (χ0v) is 13.7. The molecule has 1 rings (SSSR count). The Labute approximate surface area is 130 Å². The second-order valence-corrected chi connectivity index (χ2v) is 5.91. The maximum Gasteiger partial charge on any atom is 0.152 e. The number of aryl methyl sites for hydroxylation is 1. The van der Waals surface area contributed by atoms with Gasteiger partial charge in [-0.25, -0.2) is 0 Å². The number of rotatable bonds is 11. The minimum Gasteiger partial charge on any atom is -0.295 e. The van der Waals surface area contributed by atoms with E-state index in [-0.39, 0.29) is 5.78 Å². The predicted octanol–water partition coefficient (Wildman–Crippen LogP) is 5.97. The molecule has 0 saturated carbocycles. The summed E-state index contributed by atoms with van der Waals surface area (Å²) >= 11 is 0. The van der Waals surface area contributed by atoms with E-state index < -0.39 is 0 Å². The van der Waals surface area contributed by atoms with Crippen molar-refractivity contribution in [1.29, 1.82) is 0 Å². The van der Waals surface area contributed by atoms with Crippen molar-refractivity contribution in [3.63, 3.8) is 0 Å². The maximum atomic E-state index is 10.9. The van der Waals surface area contributed by atoms with Crippen molar-refractivity contribution in [1.82, 2.24) is 0 Å². The Bertz CT molecular complexity index is 414. The Kier molecular flexibility index (Phi) is 9.52. The molecule has 0 spiro atoms. The lowest BCUT2D eigenvalue weighted by Crippen LogP contribution is -1.87. The fraction of sp³-hybridized carbons (Fsp3) is 0.550. The van der Waals surface area contributed by atoms with Gasteiger partial charge in [0.05, 0.1) is 0 Å². The molecule has 0 N–H and O–H groups in total. The van der Waals surface area contributed by atoms with Gasteiger partial charge in [-0.3, -0.25) is 4.79 Å². The van der Waals surface area contributed by atoms with Gasteiger partial charge >= 0.3 is 0 Å². The van der Waals surface area contributed by atoms with E-state index in [9.17, 15) is 4.79 Å². The third-order valence-corrected chi connectivity index (χ3v) is 3.81. The van der Waals surface area contributed by atoms with Crippen molar-refractivity contribution >= 4 is 11.9 Å². The van der Waals surface area contributed by atoms with Crippen LogP contribution in [0.25, 0.3) is 6.08 Å². The smallest absolute Gasteiger partial charge is 0.152 e. The number of hydrogen-bond donors (Lipinski definition) is 0. The molecule has 0 aliphatic heterocycles. The first-order valence-corrected chi connectivity index (χ1v) is 8.50. The molecule has 0 radical (unpaired) electrons. The van der Waals surface area contributed by atoms with Crippen molar-refractivity contribution in [3.8, 4) is 0 Å². The number of hydrogen-bond acceptors (Lipinski definition) is 1. The monoisotopic (exact) mass is 286 g/mol. The molecule has 0 atom stereocenters. The largest absolute Gasteiger partial charge is 0.295 e. The highest BCUT2D eigenvalue weighted by Crippen LogP contribution is 2.12. The molecule has 1 aromatic carbocycles. The van der Waals surface area contributed by atoms with Gasteiger partial charge in [0.2, 0.25) is 0 Å². The number of carbonyl (C=O) groups is 1. The maximum absolute atomic E-state index is 10.9. The Hall–Kier alpha value is -1.37. The minimum absolute atomic E-state index is 0.0954. The molecular weight excluding hydrogens is 256 g/mol. The minimum atomic E-state index is 0.0954. The Balaban J connectivity index is 2.14. The molecule has 0 heterocycles. The lowest BCUT2D eigenvalue weighted by molar-refractivity contribution is -0.112. The molecule has 116 valence electrons. The van der Waals surface area contributed by atoms with Crippen LogP contribution < -0.4 is 0 Å². The number of carbonyl (C=O) groups excluding carboxylic acids is 1. The van der Waals surface area contributed by atoms with Crippen LogP contribution in [-0.4, -0.2) is 5.78 Å². The average molecular weight is 286 g/mol. The quantitative estimate of drug-likeness (QED) is 0.361. The molecule has 0 saturated heterocycles. The van der Waals surface area contributed by atoms with Crippen LogP contribution in [0.2, 0.25) is 0 Å². The van der Waals surface area contributed by atoms with Crippen molar-refractivity contribution < 1.29 is 4.79 Å². The van der Waals surface area contributed by atoms with E-state index in [2.05, 4.69) is 31.2 Å². The van der Waals surface area contributed by atoms with Crippen LogP contribution in [0.1, 0.15) is 76.3 Å². The highest BCUT2D eigenvalue weighted by molar-refractivity contribution is 5.91. The summed E-state index contributed by atoms with van der Waals surface area (Å²) in [6, 6.07) is 8.56. The van der Waals surface area contributed by atoms with E-state index in [4.69, 9.17) is 0 Å². The van der Waals surface area contributed by atoms with Gasteiger partial charge in [0.25, 0.3) is 0 Å². The summed E-state index contributed by atoms with van der Waals surface area (Å²) in [5.74, 6) is 0.0954. The third-order valence-electron chi connectivity index (χ3n) is 3.81. The zero-order valence-electron chi connectivity index (χ0n) is 13.7. The number of allylic oxidation sites excluding steroid dienone is 1. The standard InChI is InChI=1S/C20H30O/c1-3-4-5-6-7-8-9-10-11-19-14-16-20(17-15-19)13-12-18(2)21/h12-17H,3-11H2,1-2H3. The summed E-state index contributed by atoms with van der Waals surface area (Å²) in [4.78, 5) is 10.9. The van der Waals surface area contributed by atoms with E-state index in [0.717, 1.165) is 5.56 Å². The lowest BCUT2D eigenvalue weighted by atomic mass is 10.0. The van der Waals surface area contributed by atoms with Crippen LogP contribution >= 0.6 is 0 Å². The van der Waals surface area contributed by atoms with Crippen molar-refractivity contribution in [3.05, 3.63) is 41.5 Å². The second-order valence-electron chi connectivity index (χ2n) is 5.91. The average Bonchev–Trinajstić information content (AvgIpc) is 2.49. The molecule has 1 aromatic rings. The predicted molar refractivity (Wildman–Crippen MR) is 92.5 cm³/mol. The van der Waals surface area contributed by atoms with Crippen molar-refractivity contribution in [2.45, 2.75) is 71.6 Å². The van der Waals surface area contributed by atoms with Crippen LogP contribution in [0.5, 0.6) is 0 Å². The Morgan fingerprint density at radius 3 is 2.05 bits per heavy atom. The summed E-state index contributed by atoms with van der Waals surface area (Å²) in [5.41, 5.74) is 2.51. The van der Waals surface area contributed by atoms with Crippen LogP contribution in [0.4, 0.5) is 0 Å². The van der Waals surface area contributed by atoms with Gasteiger partial charge in [-0.15, -0.1) is 0 Å². The third kappa shape index (κ3) is 9.23. The summed E-state index contributed by atoms with van der Waals surface area (Å²) in [5, 5.41) is 0. The molecule has 21 heavy (non-hydrogen) atoms. The first kappa shape index (κ1) is 17.7. The van der Waals surface area contributed by atoms with Gasteiger partial charge in [-0.2, -0.15) is 0 Å². The van der Waals surface area contributed by atoms with Gasteiger partial charge in [-0.05, 0) is 37.0 Å². The molecule has 0 unspecified atom stereocenters. The van der Waals surface area contributed by atoms with E-state index in [1.54, 1.807) is 13.0 Å². The summed E-state index contributed by atoms with van der Waals surface area (Å²) < 4.78 is 0. The van der Waals surface area contributed by atoms with E-state index >= 15 is 0 Å². The van der Waals surface area contributed by atoms with E-state index in [0.29, 0.717) is 0 Å². The first-order valence-electron chi connectivity index (χ1n) is 8.50. The molecule has 0 fully saturated rings. The van der Waals surface area contributed by atoms with Crippen LogP contribution in [0.15, 0.2) is 30.3 Å². The number of ketones is 1. The fourth-order valence-electron chi connectivity index (χ4n) is 2.47. The van der Waals surface area contributed by atoms with Gasteiger partial charge < -0.3 is 0 Å². The number of unbranched alkanes of at least 4 members (excludes halogenated alkanes) is 7. The molecule has 0 aliphatic rings. The molecule has 0 amide bonds. The zero-order chi connectivity index (χ0) is 15.3. The van der Waals surface area contributed by atoms with Gasteiger partial charge in [0.1, 0.15) is 0 Å². The van der Waals surface area contributed by atoms with Crippen molar-refractivity contribution in [2.24, 2.45) is 0 Å². The Morgan fingerprint density at radius 2 is 1.48 bits per heavy atom. The van der Waals surface area contributed by atoms with E-state index in [1.165, 1.54) is 63.4 Å². The molecule has 1 nitrogen and oxygen atoms in total. The molecule has 0 bridgehead atoms. The molecule has 0 aliphatic carbocycles. The van der Waals surface area contributed by atoms with Gasteiger partial charge in [-0.1, -0.05) is 82.2 Å². The summed E-state index contributed by atoms with van der Waals surface area (Å²) in [6.07, 6.45) is 15.6. The van der Waals surface area contributed by atoms with Crippen molar-refractivity contribution in [2.75, 3.05) is 0 Å². The van der Waals surface area contributed by atoms with Gasteiger partial charge in [0.15, 0.2) is 5.78 Å². The Morgan fingerprint density at radius 1 is 0.905 bits per heavy atom. The topological polar surface area (TPSA) is 17.1 Å². The molecular formula is C20H30O. The summed E-state index contributed by atoms with van der Waals surface area (Å²) in [6.45, 7) is 3.84. The van der Waals surface area contributed by atoms with Crippen LogP contribution in [0.3, 0.4) is 0 Å². The highest BCUT2D eigenvalue weighted by atomic mass is 16.1. The van der Waals surface area contributed by atoms with E-state index in [1.807, 2.05) is 6.08 Å². The normalized spacial score (nSPS) is 11.1. The molecule has 1 heteroatoms. The molecule has 0 aromatic heterocycles. The lowest BCUT2D eigenvalue weighted by Gasteiger charge is -2.03.